The molecule has 0 radical (unpaired) electrons. The van der Waals surface area contributed by atoms with Crippen LogP contribution in [0.2, 0.25) is 0 Å². The first-order valence-corrected chi connectivity index (χ1v) is 7.01. The third-order valence-corrected chi connectivity index (χ3v) is 4.28. The number of hydrogen-bond donors (Lipinski definition) is 0. The van der Waals surface area contributed by atoms with Crippen molar-refractivity contribution in [1.82, 2.24) is 4.90 Å². The van der Waals surface area contributed by atoms with Crippen LogP contribution < -0.4 is 4.90 Å². The predicted molar refractivity (Wildman–Crippen MR) is 73.2 cm³/mol. The van der Waals surface area contributed by atoms with Gasteiger partial charge in [-0.25, -0.2) is 4.39 Å². The molecule has 0 aliphatic carbocycles. The topological polar surface area (TPSA) is 23.6 Å². The Labute approximate surface area is 113 Å². The van der Waals surface area contributed by atoms with Gasteiger partial charge in [0.1, 0.15) is 5.82 Å². The summed E-state index contributed by atoms with van der Waals surface area (Å²) in [4.78, 5) is 15.8. The summed E-state index contributed by atoms with van der Waals surface area (Å²) in [5, 5.41) is 0. The summed E-state index contributed by atoms with van der Waals surface area (Å²) >= 11 is 0. The summed E-state index contributed by atoms with van der Waals surface area (Å²) in [6.07, 6.45) is 4.48. The van der Waals surface area contributed by atoms with Crippen molar-refractivity contribution >= 4 is 12.0 Å². The fourth-order valence-electron chi connectivity index (χ4n) is 3.27. The average molecular weight is 262 g/mol. The van der Waals surface area contributed by atoms with Gasteiger partial charge < -0.3 is 4.90 Å². The Kier molecular flexibility index (Phi) is 3.51. The van der Waals surface area contributed by atoms with Crippen LogP contribution in [0.3, 0.4) is 0 Å². The molecule has 1 aromatic rings. The molecule has 0 amide bonds. The first-order chi connectivity index (χ1) is 9.28. The van der Waals surface area contributed by atoms with Gasteiger partial charge in [-0.05, 0) is 50.6 Å². The van der Waals surface area contributed by atoms with Gasteiger partial charge in [-0.15, -0.1) is 0 Å². The summed E-state index contributed by atoms with van der Waals surface area (Å²) in [7, 11) is 0. The van der Waals surface area contributed by atoms with E-state index >= 15 is 0 Å². The molecule has 2 saturated heterocycles. The Balaban J connectivity index is 1.75. The number of aldehydes is 1. The van der Waals surface area contributed by atoms with Gasteiger partial charge in [-0.3, -0.25) is 9.69 Å². The van der Waals surface area contributed by atoms with Gasteiger partial charge in [0.25, 0.3) is 0 Å². The first-order valence-electron chi connectivity index (χ1n) is 7.01. The van der Waals surface area contributed by atoms with E-state index in [0.29, 0.717) is 11.6 Å². The van der Waals surface area contributed by atoms with E-state index in [9.17, 15) is 9.18 Å². The molecule has 0 aromatic heterocycles. The molecule has 102 valence electrons. The maximum atomic E-state index is 13.2. The van der Waals surface area contributed by atoms with Crippen LogP contribution in [-0.2, 0) is 0 Å². The predicted octanol–water partition coefficient (Wildman–Crippen LogP) is 2.31. The molecule has 0 bridgehead atoms. The number of likely N-dealkylation sites (tertiary alicyclic amines) is 1. The van der Waals surface area contributed by atoms with Gasteiger partial charge in [0.15, 0.2) is 6.29 Å². The van der Waals surface area contributed by atoms with Gasteiger partial charge in [0.05, 0.1) is 0 Å². The first kappa shape index (κ1) is 12.6. The fourth-order valence-corrected chi connectivity index (χ4v) is 3.27. The highest BCUT2D eigenvalue weighted by Gasteiger charge is 2.30. The monoisotopic (exact) mass is 262 g/mol. The van der Waals surface area contributed by atoms with Gasteiger partial charge in [0, 0.05) is 30.4 Å². The van der Waals surface area contributed by atoms with Crippen LogP contribution >= 0.6 is 0 Å². The van der Waals surface area contributed by atoms with Crippen LogP contribution in [0.4, 0.5) is 10.1 Å². The van der Waals surface area contributed by atoms with Crippen LogP contribution in [0.5, 0.6) is 0 Å². The number of anilines is 1. The Hall–Kier alpha value is -1.42. The number of hydrogen-bond acceptors (Lipinski definition) is 3. The van der Waals surface area contributed by atoms with E-state index in [-0.39, 0.29) is 5.82 Å². The summed E-state index contributed by atoms with van der Waals surface area (Å²) in [6, 6.07) is 5.08. The Morgan fingerprint density at radius 2 is 2.00 bits per heavy atom. The van der Waals surface area contributed by atoms with Crippen LogP contribution in [0.15, 0.2) is 18.2 Å². The molecule has 1 atom stereocenters. The maximum Gasteiger partial charge on any atom is 0.152 e. The summed E-state index contributed by atoms with van der Waals surface area (Å²) in [5.74, 6) is -0.346. The number of carbonyl (C=O) groups excluding carboxylic acids is 1. The zero-order valence-electron chi connectivity index (χ0n) is 11.0. The molecule has 1 aromatic carbocycles. The molecular weight excluding hydrogens is 243 g/mol. The number of rotatable bonds is 3. The molecular formula is C15H19FN2O. The minimum Gasteiger partial charge on any atom is -0.369 e. The molecule has 2 aliphatic rings. The Morgan fingerprint density at radius 3 is 2.74 bits per heavy atom. The third kappa shape index (κ3) is 2.50. The van der Waals surface area contributed by atoms with Crippen molar-refractivity contribution in [2.24, 2.45) is 0 Å². The van der Waals surface area contributed by atoms with Crippen molar-refractivity contribution in [1.29, 1.82) is 0 Å². The van der Waals surface area contributed by atoms with E-state index in [1.165, 1.54) is 38.1 Å². The lowest BCUT2D eigenvalue weighted by atomic mass is 10.1. The largest absolute Gasteiger partial charge is 0.369 e. The smallest absolute Gasteiger partial charge is 0.152 e. The normalized spacial score (nSPS) is 24.1. The average Bonchev–Trinajstić information content (AvgIpc) is 3.09. The van der Waals surface area contributed by atoms with Crippen LogP contribution in [0, 0.1) is 5.82 Å². The van der Waals surface area contributed by atoms with Gasteiger partial charge >= 0.3 is 0 Å². The highest BCUT2D eigenvalue weighted by Crippen LogP contribution is 2.27. The molecule has 0 saturated carbocycles. The van der Waals surface area contributed by atoms with Crippen molar-refractivity contribution in [2.45, 2.75) is 25.3 Å². The Bertz CT molecular complexity index is 471. The number of nitrogens with zero attached hydrogens (tertiary/aromatic N) is 2. The van der Waals surface area contributed by atoms with Gasteiger partial charge in [0.2, 0.25) is 0 Å². The fraction of sp³-hybridized carbons (Fsp3) is 0.533. The second-order valence-electron chi connectivity index (χ2n) is 5.45. The molecule has 4 heteroatoms. The second-order valence-corrected chi connectivity index (χ2v) is 5.45. The van der Waals surface area contributed by atoms with Crippen molar-refractivity contribution in [2.75, 3.05) is 31.1 Å². The molecule has 1 unspecified atom stereocenters. The van der Waals surface area contributed by atoms with E-state index < -0.39 is 0 Å². The Morgan fingerprint density at radius 1 is 1.21 bits per heavy atom. The van der Waals surface area contributed by atoms with Crippen molar-refractivity contribution < 1.29 is 9.18 Å². The summed E-state index contributed by atoms with van der Waals surface area (Å²) < 4.78 is 13.2. The number of benzene rings is 1. The number of halogens is 1. The maximum absolute atomic E-state index is 13.2. The molecule has 2 fully saturated rings. The molecule has 3 rings (SSSR count). The SMILES string of the molecule is O=Cc1cc(F)ccc1N1CCC(N2CCCC2)C1. The van der Waals surface area contributed by atoms with E-state index in [4.69, 9.17) is 0 Å². The lowest BCUT2D eigenvalue weighted by Crippen LogP contribution is -2.35. The van der Waals surface area contributed by atoms with E-state index in [2.05, 4.69) is 9.80 Å². The summed E-state index contributed by atoms with van der Waals surface area (Å²) in [6.45, 7) is 4.30. The molecule has 2 aliphatic heterocycles. The van der Waals surface area contributed by atoms with Crippen LogP contribution in [0.25, 0.3) is 0 Å². The van der Waals surface area contributed by atoms with Crippen molar-refractivity contribution in [3.05, 3.63) is 29.6 Å². The van der Waals surface area contributed by atoms with E-state index in [0.717, 1.165) is 31.5 Å². The quantitative estimate of drug-likeness (QED) is 0.781. The lowest BCUT2D eigenvalue weighted by Gasteiger charge is -2.25. The van der Waals surface area contributed by atoms with Crippen LogP contribution in [-0.4, -0.2) is 43.4 Å². The van der Waals surface area contributed by atoms with Crippen molar-refractivity contribution in [3.8, 4) is 0 Å². The minimum absolute atomic E-state index is 0.346. The standard InChI is InChI=1S/C15H19FN2O/c16-13-3-4-15(12(9-13)11-19)18-8-5-14(10-18)17-6-1-2-7-17/h3-4,9,11,14H,1-2,5-8,10H2. The highest BCUT2D eigenvalue weighted by atomic mass is 19.1. The zero-order chi connectivity index (χ0) is 13.2. The molecule has 0 N–H and O–H groups in total. The molecule has 19 heavy (non-hydrogen) atoms. The summed E-state index contributed by atoms with van der Waals surface area (Å²) in [5.41, 5.74) is 1.33. The van der Waals surface area contributed by atoms with Crippen LogP contribution in [0.1, 0.15) is 29.6 Å². The lowest BCUT2D eigenvalue weighted by molar-refractivity contribution is 0.112. The van der Waals surface area contributed by atoms with E-state index in [1.807, 2.05) is 0 Å². The molecule has 3 nitrogen and oxygen atoms in total. The zero-order valence-corrected chi connectivity index (χ0v) is 11.0. The van der Waals surface area contributed by atoms with Gasteiger partial charge in [-0.1, -0.05) is 0 Å². The molecule has 0 spiro atoms. The third-order valence-electron chi connectivity index (χ3n) is 4.28. The van der Waals surface area contributed by atoms with Crippen molar-refractivity contribution in [3.63, 3.8) is 0 Å². The van der Waals surface area contributed by atoms with Gasteiger partial charge in [-0.2, -0.15) is 0 Å². The van der Waals surface area contributed by atoms with E-state index in [1.54, 1.807) is 6.07 Å². The minimum atomic E-state index is -0.346. The molecule has 2 heterocycles. The highest BCUT2D eigenvalue weighted by molar-refractivity contribution is 5.84. The second kappa shape index (κ2) is 5.29. The number of carbonyl (C=O) groups is 1.